The second kappa shape index (κ2) is 7.85. The Kier molecular flexibility index (Phi) is 6.15. The van der Waals surface area contributed by atoms with Crippen LogP contribution in [0.1, 0.15) is 0 Å². The van der Waals surface area contributed by atoms with E-state index < -0.39 is 24.3 Å². The van der Waals surface area contributed by atoms with Gasteiger partial charge in [-0.3, -0.25) is 19.3 Å². The summed E-state index contributed by atoms with van der Waals surface area (Å²) in [5.74, 6) is -1.64. The molecular weight excluding hydrogens is 278 g/mol. The maximum absolute atomic E-state index is 11.8. The molecule has 2 amide bonds. The van der Waals surface area contributed by atoms with Gasteiger partial charge in [-0.15, -0.1) is 0 Å². The Morgan fingerprint density at radius 2 is 1.81 bits per heavy atom. The van der Waals surface area contributed by atoms with Gasteiger partial charge in [0, 0.05) is 5.69 Å². The molecule has 0 unspecified atom stereocenters. The van der Waals surface area contributed by atoms with E-state index in [1.165, 1.54) is 7.11 Å². The third kappa shape index (κ3) is 6.39. The number of hydrogen-bond donors (Lipinski definition) is 3. The van der Waals surface area contributed by atoms with Gasteiger partial charge in [0.25, 0.3) is 0 Å². The van der Waals surface area contributed by atoms with E-state index in [4.69, 9.17) is 15.6 Å². The van der Waals surface area contributed by atoms with E-state index in [2.05, 4.69) is 5.32 Å². The summed E-state index contributed by atoms with van der Waals surface area (Å²) in [6.07, 6.45) is 0. The highest BCUT2D eigenvalue weighted by molar-refractivity contribution is 5.93. The molecule has 1 rings (SSSR count). The fourth-order valence-electron chi connectivity index (χ4n) is 1.66. The first-order valence-electron chi connectivity index (χ1n) is 6.07. The summed E-state index contributed by atoms with van der Waals surface area (Å²) in [5, 5.41) is 11.3. The molecule has 0 bridgehead atoms. The lowest BCUT2D eigenvalue weighted by atomic mass is 10.3. The molecule has 0 atom stereocenters. The van der Waals surface area contributed by atoms with Crippen molar-refractivity contribution in [1.29, 1.82) is 0 Å². The molecule has 0 spiro atoms. The molecule has 1 aromatic carbocycles. The fraction of sp³-hybridized carbons (Fsp3) is 0.308. The van der Waals surface area contributed by atoms with Gasteiger partial charge in [-0.25, -0.2) is 0 Å². The Balaban J connectivity index is 2.59. The van der Waals surface area contributed by atoms with E-state index in [1.807, 2.05) is 0 Å². The molecule has 0 aliphatic rings. The molecule has 0 aliphatic carbocycles. The van der Waals surface area contributed by atoms with Crippen LogP contribution in [-0.4, -0.2) is 54.5 Å². The number of carbonyl (C=O) groups is 3. The summed E-state index contributed by atoms with van der Waals surface area (Å²) >= 11 is 0. The fourth-order valence-corrected chi connectivity index (χ4v) is 1.66. The number of methoxy groups -OCH3 is 1. The van der Waals surface area contributed by atoms with Gasteiger partial charge in [-0.2, -0.15) is 0 Å². The van der Waals surface area contributed by atoms with Crippen molar-refractivity contribution in [3.63, 3.8) is 0 Å². The van der Waals surface area contributed by atoms with Crippen LogP contribution >= 0.6 is 0 Å². The van der Waals surface area contributed by atoms with E-state index >= 15 is 0 Å². The number of benzene rings is 1. The molecule has 8 heteroatoms. The molecule has 0 heterocycles. The zero-order valence-electron chi connectivity index (χ0n) is 11.5. The summed E-state index contributed by atoms with van der Waals surface area (Å²) in [6.45, 7) is -0.997. The molecule has 0 saturated heterocycles. The molecule has 0 aromatic heterocycles. The predicted molar refractivity (Wildman–Crippen MR) is 74.9 cm³/mol. The standard InChI is InChI=1S/C13H17N3O5/c1-21-10-4-2-9(3-5-10)15-12(18)7-16(6-11(14)17)8-13(19)20/h2-5H,6-8H2,1H3,(H2,14,17)(H,15,18)(H,19,20). The minimum absolute atomic E-state index is 0.249. The molecule has 0 saturated carbocycles. The second-order valence-corrected chi connectivity index (χ2v) is 4.28. The number of aliphatic carboxylic acids is 1. The Morgan fingerprint density at radius 3 is 2.29 bits per heavy atom. The van der Waals surface area contributed by atoms with Crippen molar-refractivity contribution in [2.24, 2.45) is 5.73 Å². The lowest BCUT2D eigenvalue weighted by Crippen LogP contribution is -2.41. The number of nitrogens with one attached hydrogen (secondary N) is 1. The van der Waals surface area contributed by atoms with Crippen molar-refractivity contribution < 1.29 is 24.2 Å². The van der Waals surface area contributed by atoms with Crippen molar-refractivity contribution in [2.45, 2.75) is 0 Å². The number of carboxylic acid groups (broad SMARTS) is 1. The number of anilines is 1. The highest BCUT2D eigenvalue weighted by atomic mass is 16.5. The number of hydrogen-bond acceptors (Lipinski definition) is 5. The topological polar surface area (TPSA) is 122 Å². The molecular formula is C13H17N3O5. The highest BCUT2D eigenvalue weighted by Crippen LogP contribution is 2.14. The number of carbonyl (C=O) groups excluding carboxylic acids is 2. The van der Waals surface area contributed by atoms with Crippen LogP contribution < -0.4 is 15.8 Å². The van der Waals surface area contributed by atoms with Gasteiger partial charge in [0.05, 0.1) is 26.7 Å². The van der Waals surface area contributed by atoms with Crippen molar-refractivity contribution in [3.8, 4) is 5.75 Å². The molecule has 0 fully saturated rings. The Labute approximate surface area is 121 Å². The summed E-state index contributed by atoms with van der Waals surface area (Å²) < 4.78 is 4.99. The second-order valence-electron chi connectivity index (χ2n) is 4.28. The van der Waals surface area contributed by atoms with Gasteiger partial charge in [0.15, 0.2) is 0 Å². The number of nitrogens with two attached hydrogens (primary N) is 1. The maximum Gasteiger partial charge on any atom is 0.317 e. The van der Waals surface area contributed by atoms with E-state index in [9.17, 15) is 14.4 Å². The molecule has 8 nitrogen and oxygen atoms in total. The average molecular weight is 295 g/mol. The van der Waals surface area contributed by atoms with Crippen LogP contribution in [0.2, 0.25) is 0 Å². The minimum atomic E-state index is -1.14. The van der Waals surface area contributed by atoms with Crippen molar-refractivity contribution in [3.05, 3.63) is 24.3 Å². The summed E-state index contributed by atoms with van der Waals surface area (Å²) in [4.78, 5) is 34.5. The molecule has 0 aliphatic heterocycles. The van der Waals surface area contributed by atoms with Crippen LogP contribution in [0, 0.1) is 0 Å². The number of ether oxygens (including phenoxy) is 1. The van der Waals surface area contributed by atoms with Crippen LogP contribution in [0.4, 0.5) is 5.69 Å². The third-order valence-electron chi connectivity index (χ3n) is 2.48. The van der Waals surface area contributed by atoms with Crippen molar-refractivity contribution >= 4 is 23.5 Å². The maximum atomic E-state index is 11.8. The molecule has 4 N–H and O–H groups in total. The summed E-state index contributed by atoms with van der Waals surface area (Å²) in [5.41, 5.74) is 5.55. The van der Waals surface area contributed by atoms with Crippen LogP contribution in [0.15, 0.2) is 24.3 Å². The van der Waals surface area contributed by atoms with E-state index in [0.29, 0.717) is 11.4 Å². The number of carboxylic acids is 1. The van der Waals surface area contributed by atoms with E-state index in [0.717, 1.165) is 4.90 Å². The van der Waals surface area contributed by atoms with Gasteiger partial charge in [0.2, 0.25) is 11.8 Å². The van der Waals surface area contributed by atoms with Gasteiger partial charge in [0.1, 0.15) is 5.75 Å². The molecule has 1 aromatic rings. The molecule has 21 heavy (non-hydrogen) atoms. The average Bonchev–Trinajstić information content (AvgIpc) is 2.37. The zero-order valence-corrected chi connectivity index (χ0v) is 11.5. The Bertz CT molecular complexity index is 499. The van der Waals surface area contributed by atoms with Gasteiger partial charge in [-0.05, 0) is 24.3 Å². The third-order valence-corrected chi connectivity index (χ3v) is 2.48. The monoisotopic (exact) mass is 295 g/mol. The predicted octanol–water partition coefficient (Wildman–Crippen LogP) is -0.494. The largest absolute Gasteiger partial charge is 0.497 e. The van der Waals surface area contributed by atoms with E-state index in [1.54, 1.807) is 24.3 Å². The summed E-state index contributed by atoms with van der Waals surface area (Å²) in [7, 11) is 1.53. The van der Waals surface area contributed by atoms with Crippen LogP contribution in [0.5, 0.6) is 5.75 Å². The van der Waals surface area contributed by atoms with Gasteiger partial charge < -0.3 is 20.9 Å². The van der Waals surface area contributed by atoms with Crippen LogP contribution in [0.3, 0.4) is 0 Å². The highest BCUT2D eigenvalue weighted by Gasteiger charge is 2.16. The van der Waals surface area contributed by atoms with Crippen molar-refractivity contribution in [1.82, 2.24) is 4.90 Å². The van der Waals surface area contributed by atoms with Gasteiger partial charge in [-0.1, -0.05) is 0 Å². The smallest absolute Gasteiger partial charge is 0.317 e. The number of primary amides is 1. The van der Waals surface area contributed by atoms with E-state index in [-0.39, 0.29) is 13.1 Å². The number of amides is 2. The lowest BCUT2D eigenvalue weighted by Gasteiger charge is -2.17. The Morgan fingerprint density at radius 1 is 1.19 bits per heavy atom. The first kappa shape index (κ1) is 16.4. The Hall–Kier alpha value is -2.61. The lowest BCUT2D eigenvalue weighted by molar-refractivity contribution is -0.138. The first-order chi connectivity index (χ1) is 9.90. The molecule has 0 radical (unpaired) electrons. The van der Waals surface area contributed by atoms with Crippen molar-refractivity contribution in [2.75, 3.05) is 32.1 Å². The SMILES string of the molecule is COc1ccc(NC(=O)CN(CC(N)=O)CC(=O)O)cc1. The normalized spacial score (nSPS) is 10.2. The zero-order chi connectivity index (χ0) is 15.8. The number of nitrogens with zero attached hydrogens (tertiary/aromatic N) is 1. The van der Waals surface area contributed by atoms with Gasteiger partial charge >= 0.3 is 5.97 Å². The minimum Gasteiger partial charge on any atom is -0.497 e. The van der Waals surface area contributed by atoms with Crippen LogP contribution in [0.25, 0.3) is 0 Å². The molecule has 114 valence electrons. The quantitative estimate of drug-likeness (QED) is 0.594. The first-order valence-corrected chi connectivity index (χ1v) is 6.07. The number of rotatable bonds is 8. The summed E-state index contributed by atoms with van der Waals surface area (Å²) in [6, 6.07) is 6.64. The van der Waals surface area contributed by atoms with Crippen LogP contribution in [-0.2, 0) is 14.4 Å².